The Morgan fingerprint density at radius 2 is 0.957 bits per heavy atom. The van der Waals surface area contributed by atoms with Crippen molar-refractivity contribution < 1.29 is 44.7 Å². The second-order valence-corrected chi connectivity index (χ2v) is 7.80. The summed E-state index contributed by atoms with van der Waals surface area (Å²) in [5, 5.41) is 0. The average molecular weight is 401 g/mol. The van der Waals surface area contributed by atoms with E-state index in [-0.39, 0.29) is 16.8 Å². The van der Waals surface area contributed by atoms with Crippen LogP contribution in [0, 0.1) is 0 Å². The van der Waals surface area contributed by atoms with Crippen LogP contribution >= 0.6 is 15.2 Å². The minimum absolute atomic E-state index is 0. The summed E-state index contributed by atoms with van der Waals surface area (Å²) in [5.41, 5.74) is 0. The van der Waals surface area contributed by atoms with Gasteiger partial charge in [-0.05, 0) is 24.3 Å². The van der Waals surface area contributed by atoms with Crippen molar-refractivity contribution in [2.45, 2.75) is 0 Å². The zero-order valence-corrected chi connectivity index (χ0v) is 15.3. The Morgan fingerprint density at radius 3 is 1.17 bits per heavy atom. The minimum Gasteiger partial charge on any atom is -0.769 e. The van der Waals surface area contributed by atoms with Gasteiger partial charge in [0, 0.05) is 13.3 Å². The van der Waals surface area contributed by atoms with E-state index in [1.54, 1.807) is 60.7 Å². The molecule has 2 atom stereocenters. The molecule has 0 amide bonds. The van der Waals surface area contributed by atoms with Crippen molar-refractivity contribution in [3.8, 4) is 11.5 Å². The van der Waals surface area contributed by atoms with Crippen LogP contribution in [0.2, 0.25) is 0 Å². The Labute approximate surface area is 145 Å². The largest absolute Gasteiger partial charge is 2.00 e. The van der Waals surface area contributed by atoms with Gasteiger partial charge in [0.15, 0.2) is 15.2 Å². The van der Waals surface area contributed by atoms with Gasteiger partial charge in [-0.25, -0.2) is 0 Å². The van der Waals surface area contributed by atoms with Crippen LogP contribution in [-0.2, 0) is 25.9 Å². The Hall–Kier alpha value is -1.07. The standard InChI is InChI=1S/2C7H9O3P.Co/c2*1-11(8,9)10-7-5-3-2-4-6-7;/h2*2-6H,1H3,(H,8,9);/q;;+2/p-2. The molecule has 2 rings (SSSR count). The topological polar surface area (TPSA) is 98.7 Å². The Morgan fingerprint density at radius 1 is 0.696 bits per heavy atom. The van der Waals surface area contributed by atoms with E-state index in [0.29, 0.717) is 11.5 Å². The first-order chi connectivity index (χ1) is 10.2. The molecule has 2 aromatic rings. The maximum Gasteiger partial charge on any atom is 2.00 e. The number of rotatable bonds is 4. The van der Waals surface area contributed by atoms with Crippen molar-refractivity contribution >= 4 is 15.2 Å². The van der Waals surface area contributed by atoms with E-state index in [0.717, 1.165) is 13.3 Å². The third-order valence-corrected chi connectivity index (χ3v) is 3.11. The number of hydrogen-bond acceptors (Lipinski definition) is 6. The molecule has 0 saturated heterocycles. The fraction of sp³-hybridized carbons (Fsp3) is 0.143. The summed E-state index contributed by atoms with van der Waals surface area (Å²) in [4.78, 5) is 21.2. The van der Waals surface area contributed by atoms with E-state index in [1.807, 2.05) is 0 Å². The maximum atomic E-state index is 10.6. The molecule has 2 unspecified atom stereocenters. The summed E-state index contributed by atoms with van der Waals surface area (Å²) in [6, 6.07) is 16.8. The molecule has 0 fully saturated rings. The summed E-state index contributed by atoms with van der Waals surface area (Å²) in [6.45, 7) is 2.08. The Kier molecular flexibility index (Phi) is 9.47. The summed E-state index contributed by atoms with van der Waals surface area (Å²) in [6.07, 6.45) is 0. The summed E-state index contributed by atoms with van der Waals surface area (Å²) >= 11 is 0. The first-order valence-corrected chi connectivity index (χ1v) is 10.2. The Balaban J connectivity index is 0.000000403. The molecule has 0 aliphatic heterocycles. The molecule has 0 aliphatic rings. The van der Waals surface area contributed by atoms with Gasteiger partial charge in [-0.2, -0.15) is 0 Å². The van der Waals surface area contributed by atoms with E-state index in [4.69, 9.17) is 0 Å². The van der Waals surface area contributed by atoms with Gasteiger partial charge < -0.3 is 18.8 Å². The van der Waals surface area contributed by atoms with Gasteiger partial charge in [0.05, 0.1) is 0 Å². The van der Waals surface area contributed by atoms with Gasteiger partial charge in [-0.15, -0.1) is 0 Å². The van der Waals surface area contributed by atoms with Crippen molar-refractivity contribution in [3.63, 3.8) is 0 Å². The van der Waals surface area contributed by atoms with Gasteiger partial charge in [0.2, 0.25) is 0 Å². The fourth-order valence-corrected chi connectivity index (χ4v) is 2.35. The SMILES string of the molecule is CP(=O)([O-])Oc1ccccc1.CP(=O)([O-])Oc1ccccc1.[Co+2]. The summed E-state index contributed by atoms with van der Waals surface area (Å²) in [7, 11) is -7.28. The average Bonchev–Trinajstić information content (AvgIpc) is 2.38. The van der Waals surface area contributed by atoms with E-state index < -0.39 is 15.2 Å². The quantitative estimate of drug-likeness (QED) is 0.731. The van der Waals surface area contributed by atoms with Crippen LogP contribution in [0.1, 0.15) is 0 Å². The third kappa shape index (κ3) is 12.1. The predicted molar refractivity (Wildman–Crippen MR) is 81.2 cm³/mol. The molecule has 23 heavy (non-hydrogen) atoms. The minimum atomic E-state index is -3.64. The van der Waals surface area contributed by atoms with Crippen molar-refractivity contribution in [2.24, 2.45) is 0 Å². The summed E-state index contributed by atoms with van der Waals surface area (Å²) < 4.78 is 30.4. The molecule has 0 saturated carbocycles. The second kappa shape index (κ2) is 9.93. The second-order valence-electron chi connectivity index (χ2n) is 4.35. The maximum absolute atomic E-state index is 10.6. The Bertz CT molecular complexity index is 594. The molecule has 0 spiro atoms. The van der Waals surface area contributed by atoms with Crippen LogP contribution in [0.15, 0.2) is 60.7 Å². The molecule has 0 bridgehead atoms. The van der Waals surface area contributed by atoms with Gasteiger partial charge in [0.25, 0.3) is 0 Å². The van der Waals surface area contributed by atoms with Crippen LogP contribution < -0.4 is 18.8 Å². The van der Waals surface area contributed by atoms with Crippen LogP contribution in [0.5, 0.6) is 11.5 Å². The normalized spacial score (nSPS) is 14.8. The zero-order chi connectivity index (χ0) is 16.6. The first-order valence-electron chi connectivity index (χ1n) is 6.22. The molecular weight excluding hydrogens is 385 g/mol. The van der Waals surface area contributed by atoms with E-state index in [9.17, 15) is 18.9 Å². The van der Waals surface area contributed by atoms with Gasteiger partial charge >= 0.3 is 16.8 Å². The van der Waals surface area contributed by atoms with Crippen molar-refractivity contribution in [2.75, 3.05) is 13.3 Å². The van der Waals surface area contributed by atoms with E-state index in [2.05, 4.69) is 9.05 Å². The van der Waals surface area contributed by atoms with Crippen molar-refractivity contribution in [3.05, 3.63) is 60.7 Å². The molecule has 9 heteroatoms. The van der Waals surface area contributed by atoms with Crippen LogP contribution in [0.4, 0.5) is 0 Å². The molecule has 2 aromatic carbocycles. The van der Waals surface area contributed by atoms with Gasteiger partial charge in [-0.1, -0.05) is 36.4 Å². The molecule has 6 nitrogen and oxygen atoms in total. The van der Waals surface area contributed by atoms with Crippen LogP contribution in [0.3, 0.4) is 0 Å². The zero-order valence-electron chi connectivity index (χ0n) is 12.5. The number of hydrogen-bond donors (Lipinski definition) is 0. The molecule has 1 radical (unpaired) electrons. The molecule has 0 N–H and O–H groups in total. The molecule has 0 aliphatic carbocycles. The van der Waals surface area contributed by atoms with Crippen LogP contribution in [0.25, 0.3) is 0 Å². The van der Waals surface area contributed by atoms with Crippen LogP contribution in [-0.4, -0.2) is 13.3 Å². The van der Waals surface area contributed by atoms with Gasteiger partial charge in [0.1, 0.15) is 11.5 Å². The number of para-hydroxylation sites is 2. The molecule has 0 aromatic heterocycles. The molecule has 127 valence electrons. The fourth-order valence-electron chi connectivity index (χ4n) is 1.35. The monoisotopic (exact) mass is 401 g/mol. The van der Waals surface area contributed by atoms with Crippen molar-refractivity contribution in [1.82, 2.24) is 0 Å². The first kappa shape index (κ1) is 21.9. The molecule has 0 heterocycles. The van der Waals surface area contributed by atoms with E-state index in [1.165, 1.54) is 0 Å². The van der Waals surface area contributed by atoms with E-state index >= 15 is 0 Å². The van der Waals surface area contributed by atoms with Gasteiger partial charge in [-0.3, -0.25) is 9.13 Å². The molecular formula is C14H16CoO6P2. The third-order valence-electron chi connectivity index (χ3n) is 2.03. The predicted octanol–water partition coefficient (Wildman–Crippen LogP) is 2.49. The summed E-state index contributed by atoms with van der Waals surface area (Å²) in [5.74, 6) is 0.710. The number of benzene rings is 2. The van der Waals surface area contributed by atoms with Crippen molar-refractivity contribution in [1.29, 1.82) is 0 Å². The smallest absolute Gasteiger partial charge is 0.769 e.